The molecule has 5 heteroatoms. The number of hydrogen-bond acceptors (Lipinski definition) is 5. The van der Waals surface area contributed by atoms with Gasteiger partial charge in [0.05, 0.1) is 0 Å². The van der Waals surface area contributed by atoms with E-state index in [4.69, 9.17) is 10.3 Å². The number of aryl methyl sites for hydroxylation is 1. The third-order valence-electron chi connectivity index (χ3n) is 2.44. The Hall–Kier alpha value is -1.72. The molecular formula is C12H15N3O2. The first kappa shape index (κ1) is 11.8. The molecule has 0 radical (unpaired) electrons. The largest absolute Gasteiger partial charge is 0.382 e. The quantitative estimate of drug-likeness (QED) is 0.821. The molecule has 0 saturated heterocycles. The molecule has 17 heavy (non-hydrogen) atoms. The lowest BCUT2D eigenvalue weighted by molar-refractivity contribution is 0.141. The van der Waals surface area contributed by atoms with Gasteiger partial charge in [0, 0.05) is 13.0 Å². The first-order chi connectivity index (χ1) is 8.19. The summed E-state index contributed by atoms with van der Waals surface area (Å²) in [6, 6.07) is 8.08. The molecule has 1 aromatic heterocycles. The SMILES string of the molecule is Cc1cccc(Cc2noc(C(O)CN)n2)c1. The van der Waals surface area contributed by atoms with E-state index in [9.17, 15) is 5.11 Å². The van der Waals surface area contributed by atoms with Gasteiger partial charge in [-0.15, -0.1) is 0 Å². The molecule has 0 saturated carbocycles. The van der Waals surface area contributed by atoms with Gasteiger partial charge in [0.15, 0.2) is 5.82 Å². The highest BCUT2D eigenvalue weighted by molar-refractivity contribution is 5.24. The molecule has 0 bridgehead atoms. The second-order valence-corrected chi connectivity index (χ2v) is 3.97. The van der Waals surface area contributed by atoms with E-state index in [0.29, 0.717) is 12.2 Å². The maximum absolute atomic E-state index is 9.43. The van der Waals surface area contributed by atoms with E-state index in [1.165, 1.54) is 5.56 Å². The molecule has 1 unspecified atom stereocenters. The summed E-state index contributed by atoms with van der Waals surface area (Å²) >= 11 is 0. The highest BCUT2D eigenvalue weighted by Gasteiger charge is 2.14. The predicted octanol–water partition coefficient (Wildman–Crippen LogP) is 0.961. The molecule has 0 fully saturated rings. The molecule has 90 valence electrons. The van der Waals surface area contributed by atoms with Crippen LogP contribution in [0.4, 0.5) is 0 Å². The first-order valence-electron chi connectivity index (χ1n) is 5.45. The van der Waals surface area contributed by atoms with Crippen molar-refractivity contribution in [2.24, 2.45) is 5.73 Å². The van der Waals surface area contributed by atoms with Gasteiger partial charge >= 0.3 is 0 Å². The van der Waals surface area contributed by atoms with E-state index < -0.39 is 6.10 Å². The fourth-order valence-corrected chi connectivity index (χ4v) is 1.58. The van der Waals surface area contributed by atoms with Crippen molar-refractivity contribution in [1.29, 1.82) is 0 Å². The summed E-state index contributed by atoms with van der Waals surface area (Å²) < 4.78 is 4.93. The van der Waals surface area contributed by atoms with Gasteiger partial charge in [-0.2, -0.15) is 4.98 Å². The molecule has 1 heterocycles. The summed E-state index contributed by atoms with van der Waals surface area (Å²) in [5.74, 6) is 0.730. The van der Waals surface area contributed by atoms with E-state index in [0.717, 1.165) is 5.56 Å². The van der Waals surface area contributed by atoms with E-state index in [2.05, 4.69) is 16.2 Å². The summed E-state index contributed by atoms with van der Waals surface area (Å²) in [4.78, 5) is 4.10. The number of nitrogens with two attached hydrogens (primary N) is 1. The molecule has 1 atom stereocenters. The van der Waals surface area contributed by atoms with Crippen LogP contribution in [0.5, 0.6) is 0 Å². The Morgan fingerprint density at radius 2 is 2.29 bits per heavy atom. The molecule has 0 aliphatic heterocycles. The fourth-order valence-electron chi connectivity index (χ4n) is 1.58. The van der Waals surface area contributed by atoms with Gasteiger partial charge in [0.1, 0.15) is 6.10 Å². The molecule has 2 aromatic rings. The van der Waals surface area contributed by atoms with Crippen LogP contribution in [0, 0.1) is 6.92 Å². The van der Waals surface area contributed by atoms with Gasteiger partial charge in [0.2, 0.25) is 0 Å². The summed E-state index contributed by atoms with van der Waals surface area (Å²) in [5.41, 5.74) is 7.61. The standard InChI is InChI=1S/C12H15N3O2/c1-8-3-2-4-9(5-8)6-11-14-12(17-15-11)10(16)7-13/h2-5,10,16H,6-7,13H2,1H3. The number of nitrogens with zero attached hydrogens (tertiary/aromatic N) is 2. The van der Waals surface area contributed by atoms with Crippen LogP contribution in [0.25, 0.3) is 0 Å². The van der Waals surface area contributed by atoms with Crippen molar-refractivity contribution in [3.8, 4) is 0 Å². The Morgan fingerprint density at radius 3 is 3.00 bits per heavy atom. The number of benzene rings is 1. The van der Waals surface area contributed by atoms with Crippen molar-refractivity contribution in [2.45, 2.75) is 19.4 Å². The molecule has 2 rings (SSSR count). The second-order valence-electron chi connectivity index (χ2n) is 3.97. The Balaban J connectivity index is 2.11. The third-order valence-corrected chi connectivity index (χ3v) is 2.44. The van der Waals surface area contributed by atoms with Crippen LogP contribution in [-0.4, -0.2) is 21.8 Å². The van der Waals surface area contributed by atoms with Crippen molar-refractivity contribution >= 4 is 0 Å². The van der Waals surface area contributed by atoms with E-state index in [-0.39, 0.29) is 12.4 Å². The van der Waals surface area contributed by atoms with Crippen molar-refractivity contribution in [3.63, 3.8) is 0 Å². The maximum atomic E-state index is 9.43. The average molecular weight is 233 g/mol. The fraction of sp³-hybridized carbons (Fsp3) is 0.333. The molecule has 0 aliphatic carbocycles. The smallest absolute Gasteiger partial charge is 0.256 e. The average Bonchev–Trinajstić information content (AvgIpc) is 2.76. The minimum atomic E-state index is -0.881. The normalized spacial score (nSPS) is 12.6. The predicted molar refractivity (Wildman–Crippen MR) is 62.3 cm³/mol. The number of aromatic nitrogens is 2. The van der Waals surface area contributed by atoms with Gasteiger partial charge in [-0.25, -0.2) is 0 Å². The highest BCUT2D eigenvalue weighted by atomic mass is 16.5. The van der Waals surface area contributed by atoms with Crippen LogP contribution in [0.15, 0.2) is 28.8 Å². The van der Waals surface area contributed by atoms with Crippen LogP contribution in [0.2, 0.25) is 0 Å². The molecule has 3 N–H and O–H groups in total. The zero-order chi connectivity index (χ0) is 12.3. The number of aliphatic hydroxyl groups is 1. The first-order valence-corrected chi connectivity index (χ1v) is 5.45. The minimum Gasteiger partial charge on any atom is -0.382 e. The van der Waals surface area contributed by atoms with E-state index in [1.807, 2.05) is 25.1 Å². The summed E-state index contributed by atoms with van der Waals surface area (Å²) in [5, 5.41) is 13.2. The van der Waals surface area contributed by atoms with Gasteiger partial charge in [-0.1, -0.05) is 35.0 Å². The van der Waals surface area contributed by atoms with Crippen LogP contribution in [-0.2, 0) is 6.42 Å². The van der Waals surface area contributed by atoms with E-state index >= 15 is 0 Å². The zero-order valence-corrected chi connectivity index (χ0v) is 9.63. The van der Waals surface area contributed by atoms with Crippen LogP contribution >= 0.6 is 0 Å². The lowest BCUT2D eigenvalue weighted by atomic mass is 10.1. The monoisotopic (exact) mass is 233 g/mol. The Bertz CT molecular complexity index is 496. The van der Waals surface area contributed by atoms with Crippen molar-refractivity contribution in [1.82, 2.24) is 10.1 Å². The van der Waals surface area contributed by atoms with E-state index in [1.54, 1.807) is 0 Å². The molecular weight excluding hydrogens is 218 g/mol. The molecule has 0 spiro atoms. The molecule has 0 amide bonds. The molecule has 1 aromatic carbocycles. The minimum absolute atomic E-state index is 0.0755. The Morgan fingerprint density at radius 1 is 1.47 bits per heavy atom. The zero-order valence-electron chi connectivity index (χ0n) is 9.63. The summed E-state index contributed by atoms with van der Waals surface area (Å²) in [6.45, 7) is 2.11. The van der Waals surface area contributed by atoms with Crippen molar-refractivity contribution < 1.29 is 9.63 Å². The van der Waals surface area contributed by atoms with Gasteiger partial charge < -0.3 is 15.4 Å². The third kappa shape index (κ3) is 2.89. The van der Waals surface area contributed by atoms with Gasteiger partial charge in [-0.05, 0) is 12.5 Å². The van der Waals surface area contributed by atoms with Crippen molar-refractivity contribution in [2.75, 3.05) is 6.54 Å². The van der Waals surface area contributed by atoms with Crippen LogP contribution in [0.1, 0.15) is 28.9 Å². The van der Waals surface area contributed by atoms with Crippen LogP contribution < -0.4 is 5.73 Å². The number of aliphatic hydroxyl groups excluding tert-OH is 1. The Kier molecular flexibility index (Phi) is 3.51. The van der Waals surface area contributed by atoms with Crippen LogP contribution in [0.3, 0.4) is 0 Å². The lowest BCUT2D eigenvalue weighted by Crippen LogP contribution is -2.11. The lowest BCUT2D eigenvalue weighted by Gasteiger charge is -1.99. The van der Waals surface area contributed by atoms with Gasteiger partial charge in [0.25, 0.3) is 5.89 Å². The number of hydrogen-bond donors (Lipinski definition) is 2. The highest BCUT2D eigenvalue weighted by Crippen LogP contribution is 2.12. The molecule has 5 nitrogen and oxygen atoms in total. The maximum Gasteiger partial charge on any atom is 0.256 e. The van der Waals surface area contributed by atoms with Gasteiger partial charge in [-0.3, -0.25) is 0 Å². The number of rotatable bonds is 4. The summed E-state index contributed by atoms with van der Waals surface area (Å²) in [7, 11) is 0. The molecule has 0 aliphatic rings. The van der Waals surface area contributed by atoms with Crippen molar-refractivity contribution in [3.05, 3.63) is 47.1 Å². The Labute approximate surface area is 99.3 Å². The summed E-state index contributed by atoms with van der Waals surface area (Å²) in [6.07, 6.45) is -0.295. The topological polar surface area (TPSA) is 85.2 Å². The second kappa shape index (κ2) is 5.07.